The van der Waals surface area contributed by atoms with E-state index in [1.165, 1.54) is 11.3 Å². The number of likely N-dealkylation sites (tertiary alicyclic amines) is 1. The van der Waals surface area contributed by atoms with Crippen LogP contribution in [0.3, 0.4) is 0 Å². The summed E-state index contributed by atoms with van der Waals surface area (Å²) in [5.74, 6) is -0.996. The third-order valence-electron chi connectivity index (χ3n) is 6.11. The normalized spacial score (nSPS) is 15.4. The summed E-state index contributed by atoms with van der Waals surface area (Å²) < 4.78 is 5.11. The zero-order chi connectivity index (χ0) is 26.9. The third-order valence-corrected chi connectivity index (χ3v) is 6.91. The number of ether oxygens (including phenoxy) is 1. The van der Waals surface area contributed by atoms with E-state index < -0.39 is 0 Å². The zero-order valence-corrected chi connectivity index (χ0v) is 22.8. The molecule has 37 heavy (non-hydrogen) atoms. The number of nitrogens with zero attached hydrogens (tertiary/aromatic N) is 3. The molecule has 1 aliphatic heterocycles. The van der Waals surface area contributed by atoms with Crippen LogP contribution in [0, 0.1) is 18.8 Å². The molecule has 1 aliphatic rings. The van der Waals surface area contributed by atoms with E-state index in [9.17, 15) is 19.2 Å². The minimum atomic E-state index is -0.344. The molecular weight excluding hydrogens is 492 g/mol. The number of benzene rings is 1. The van der Waals surface area contributed by atoms with E-state index in [2.05, 4.69) is 10.3 Å². The number of piperidine rings is 1. The molecule has 200 valence electrons. The number of carbonyl (C=O) groups is 4. The summed E-state index contributed by atoms with van der Waals surface area (Å²) in [5.41, 5.74) is 1.99. The molecule has 1 N–H and O–H groups in total. The highest BCUT2D eigenvalue weighted by atomic mass is 32.1. The highest BCUT2D eigenvalue weighted by Crippen LogP contribution is 2.21. The lowest BCUT2D eigenvalue weighted by molar-refractivity contribution is -0.151. The van der Waals surface area contributed by atoms with Gasteiger partial charge in [0.2, 0.25) is 11.8 Å². The number of hydrogen-bond acceptors (Lipinski definition) is 7. The Bertz CT molecular complexity index is 1120. The summed E-state index contributed by atoms with van der Waals surface area (Å²) in [4.78, 5) is 58.4. The van der Waals surface area contributed by atoms with Crippen molar-refractivity contribution in [2.75, 3.05) is 38.1 Å². The SMILES string of the molecule is CCOC(=O)C1CCCN(C(=O)Cc2csc(NC(=O)CN(CC(C)C)C(=O)c3ccccc3C)n2)C1. The van der Waals surface area contributed by atoms with E-state index in [4.69, 9.17) is 4.74 Å². The summed E-state index contributed by atoms with van der Waals surface area (Å²) >= 11 is 1.24. The second-order valence-corrected chi connectivity index (χ2v) is 10.6. The van der Waals surface area contributed by atoms with Gasteiger partial charge in [0.15, 0.2) is 5.13 Å². The number of rotatable bonds is 10. The van der Waals surface area contributed by atoms with E-state index in [1.807, 2.05) is 39.0 Å². The summed E-state index contributed by atoms with van der Waals surface area (Å²) in [6.45, 7) is 9.27. The molecule has 0 spiro atoms. The highest BCUT2D eigenvalue weighted by Gasteiger charge is 2.29. The maximum atomic E-state index is 13.1. The van der Waals surface area contributed by atoms with Crippen LogP contribution in [0.1, 0.15) is 55.2 Å². The van der Waals surface area contributed by atoms with Gasteiger partial charge in [-0.25, -0.2) is 4.98 Å². The van der Waals surface area contributed by atoms with Gasteiger partial charge in [-0.1, -0.05) is 32.0 Å². The Hall–Kier alpha value is -3.27. The summed E-state index contributed by atoms with van der Waals surface area (Å²) in [6.07, 6.45) is 1.56. The first-order valence-corrected chi connectivity index (χ1v) is 13.6. The molecule has 3 rings (SSSR count). The average molecular weight is 529 g/mol. The Kier molecular flexibility index (Phi) is 10.2. The van der Waals surface area contributed by atoms with Crippen LogP contribution in [-0.4, -0.2) is 71.3 Å². The monoisotopic (exact) mass is 528 g/mol. The number of esters is 1. The van der Waals surface area contributed by atoms with Gasteiger partial charge in [-0.2, -0.15) is 0 Å². The van der Waals surface area contributed by atoms with E-state index in [1.54, 1.807) is 28.2 Å². The van der Waals surface area contributed by atoms with Crippen molar-refractivity contribution < 1.29 is 23.9 Å². The highest BCUT2D eigenvalue weighted by molar-refractivity contribution is 7.13. The van der Waals surface area contributed by atoms with Gasteiger partial charge in [-0.05, 0) is 44.2 Å². The van der Waals surface area contributed by atoms with Crippen LogP contribution in [-0.2, 0) is 25.5 Å². The Morgan fingerprint density at radius 1 is 1.24 bits per heavy atom. The third kappa shape index (κ3) is 8.11. The quantitative estimate of drug-likeness (QED) is 0.473. The number of carbonyl (C=O) groups excluding carboxylic acids is 4. The molecule has 10 heteroatoms. The Labute approximate surface area is 222 Å². The van der Waals surface area contributed by atoms with Crippen molar-refractivity contribution in [3.8, 4) is 0 Å². The molecule has 1 aromatic carbocycles. The van der Waals surface area contributed by atoms with Crippen LogP contribution < -0.4 is 5.32 Å². The molecule has 1 saturated heterocycles. The topological polar surface area (TPSA) is 109 Å². The van der Waals surface area contributed by atoms with Gasteiger partial charge < -0.3 is 19.9 Å². The number of nitrogens with one attached hydrogen (secondary N) is 1. The number of amides is 3. The lowest BCUT2D eigenvalue weighted by Gasteiger charge is -2.31. The maximum absolute atomic E-state index is 13.1. The Morgan fingerprint density at radius 3 is 2.70 bits per heavy atom. The molecule has 2 aromatic rings. The first kappa shape index (κ1) is 28.3. The number of thiazole rings is 1. The first-order chi connectivity index (χ1) is 17.7. The van der Waals surface area contributed by atoms with Gasteiger partial charge in [0, 0.05) is 30.6 Å². The smallest absolute Gasteiger partial charge is 0.310 e. The molecule has 0 bridgehead atoms. The van der Waals surface area contributed by atoms with Crippen LogP contribution in [0.25, 0.3) is 0 Å². The summed E-state index contributed by atoms with van der Waals surface area (Å²) in [7, 11) is 0. The van der Waals surface area contributed by atoms with Gasteiger partial charge >= 0.3 is 5.97 Å². The fourth-order valence-electron chi connectivity index (χ4n) is 4.34. The maximum Gasteiger partial charge on any atom is 0.310 e. The van der Waals surface area contributed by atoms with Gasteiger partial charge in [0.1, 0.15) is 6.54 Å². The van der Waals surface area contributed by atoms with Gasteiger partial charge in [0.05, 0.1) is 24.6 Å². The minimum Gasteiger partial charge on any atom is -0.466 e. The molecule has 9 nitrogen and oxygen atoms in total. The molecule has 1 atom stereocenters. The molecule has 0 aliphatic carbocycles. The van der Waals surface area contributed by atoms with E-state index >= 15 is 0 Å². The van der Waals surface area contributed by atoms with Crippen LogP contribution in [0.4, 0.5) is 5.13 Å². The first-order valence-electron chi connectivity index (χ1n) is 12.7. The minimum absolute atomic E-state index is 0.0904. The molecule has 2 heterocycles. The summed E-state index contributed by atoms with van der Waals surface area (Å²) in [5, 5.41) is 4.88. The van der Waals surface area contributed by atoms with Crippen molar-refractivity contribution >= 4 is 40.2 Å². The van der Waals surface area contributed by atoms with Crippen LogP contribution in [0.2, 0.25) is 0 Å². The molecule has 1 unspecified atom stereocenters. The van der Waals surface area contributed by atoms with E-state index in [0.29, 0.717) is 42.6 Å². The number of aryl methyl sites for hydroxylation is 1. The van der Waals surface area contributed by atoms with Gasteiger partial charge in [-0.3, -0.25) is 19.2 Å². The number of aromatic nitrogens is 1. The fraction of sp³-hybridized carbons (Fsp3) is 0.519. The van der Waals surface area contributed by atoms with E-state index in [0.717, 1.165) is 18.4 Å². The molecule has 3 amide bonds. The van der Waals surface area contributed by atoms with Crippen molar-refractivity contribution in [3.05, 3.63) is 46.5 Å². The van der Waals surface area contributed by atoms with Crippen molar-refractivity contribution in [2.45, 2.75) is 47.0 Å². The van der Waals surface area contributed by atoms with Crippen LogP contribution in [0.15, 0.2) is 29.6 Å². The lowest BCUT2D eigenvalue weighted by Crippen LogP contribution is -2.43. The second-order valence-electron chi connectivity index (χ2n) is 9.69. The standard InChI is InChI=1S/C27H36N4O5S/c1-5-36-26(35)20-10-8-12-30(15-20)24(33)13-21-17-37-27(28-21)29-23(32)16-31(14-18(2)3)25(34)22-11-7-6-9-19(22)4/h6-7,9,11,17-18,20H,5,8,10,12-16H2,1-4H3,(H,28,29,32). The molecule has 0 radical (unpaired) electrons. The Balaban J connectivity index is 1.57. The second kappa shape index (κ2) is 13.3. The van der Waals surface area contributed by atoms with Crippen LogP contribution >= 0.6 is 11.3 Å². The molecule has 0 saturated carbocycles. The van der Waals surface area contributed by atoms with Crippen LogP contribution in [0.5, 0.6) is 0 Å². The fourth-order valence-corrected chi connectivity index (χ4v) is 5.07. The molecular formula is C27H36N4O5S. The van der Waals surface area contributed by atoms with Crippen molar-refractivity contribution in [2.24, 2.45) is 11.8 Å². The number of anilines is 1. The Morgan fingerprint density at radius 2 is 2.00 bits per heavy atom. The van der Waals surface area contributed by atoms with Crippen molar-refractivity contribution in [1.29, 1.82) is 0 Å². The van der Waals surface area contributed by atoms with Gasteiger partial charge in [0.25, 0.3) is 5.91 Å². The molecule has 1 fully saturated rings. The predicted octanol–water partition coefficient (Wildman–Crippen LogP) is 3.53. The lowest BCUT2D eigenvalue weighted by atomic mass is 9.98. The van der Waals surface area contributed by atoms with Gasteiger partial charge in [-0.15, -0.1) is 11.3 Å². The predicted molar refractivity (Wildman–Crippen MR) is 142 cm³/mol. The number of hydrogen-bond donors (Lipinski definition) is 1. The van der Waals surface area contributed by atoms with Crippen molar-refractivity contribution in [1.82, 2.24) is 14.8 Å². The zero-order valence-electron chi connectivity index (χ0n) is 22.0. The largest absolute Gasteiger partial charge is 0.466 e. The average Bonchev–Trinajstić information content (AvgIpc) is 3.29. The molecule has 1 aromatic heterocycles. The van der Waals surface area contributed by atoms with E-state index in [-0.39, 0.29) is 48.5 Å². The van der Waals surface area contributed by atoms with Crippen molar-refractivity contribution in [3.63, 3.8) is 0 Å². The summed E-state index contributed by atoms with van der Waals surface area (Å²) in [6, 6.07) is 7.33.